The maximum atomic E-state index is 13.0. The van der Waals surface area contributed by atoms with Gasteiger partial charge in [-0.1, -0.05) is 11.8 Å². The van der Waals surface area contributed by atoms with E-state index in [-0.39, 0.29) is 5.82 Å². The fourth-order valence-electron chi connectivity index (χ4n) is 0.973. The zero-order chi connectivity index (χ0) is 10.4. The quantitative estimate of drug-likeness (QED) is 0.583. The van der Waals surface area contributed by atoms with E-state index in [1.165, 1.54) is 19.2 Å². The first-order valence-corrected chi connectivity index (χ1v) is 4.84. The molecule has 0 fully saturated rings. The van der Waals surface area contributed by atoms with Crippen LogP contribution in [0, 0.1) is 17.7 Å². The van der Waals surface area contributed by atoms with E-state index in [0.717, 1.165) is 0 Å². The smallest absolute Gasteiger partial charge is 0.128 e. The van der Waals surface area contributed by atoms with Gasteiger partial charge >= 0.3 is 0 Å². The molecule has 0 aliphatic carbocycles. The van der Waals surface area contributed by atoms with Crippen LogP contribution in [0.4, 0.5) is 4.39 Å². The highest BCUT2D eigenvalue weighted by Gasteiger charge is 1.97. The van der Waals surface area contributed by atoms with Gasteiger partial charge in [-0.05, 0) is 12.1 Å². The van der Waals surface area contributed by atoms with Crippen molar-refractivity contribution >= 4 is 12.6 Å². The predicted octanol–water partition coefficient (Wildman–Crippen LogP) is 2.51. The van der Waals surface area contributed by atoms with Crippen LogP contribution in [-0.4, -0.2) is 12.9 Å². The molecule has 0 aliphatic heterocycles. The fourth-order valence-corrected chi connectivity index (χ4v) is 1.09. The van der Waals surface area contributed by atoms with E-state index >= 15 is 0 Å². The predicted molar refractivity (Wildman–Crippen MR) is 58.3 cm³/mol. The summed E-state index contributed by atoms with van der Waals surface area (Å²) in [5.74, 6) is 6.58. The van der Waals surface area contributed by atoms with E-state index in [9.17, 15) is 4.39 Å². The summed E-state index contributed by atoms with van der Waals surface area (Å²) in [7, 11) is 1.50. The van der Waals surface area contributed by atoms with Crippen molar-refractivity contribution < 1.29 is 9.13 Å². The minimum Gasteiger partial charge on any atom is -0.497 e. The highest BCUT2D eigenvalue weighted by atomic mass is 32.1. The topological polar surface area (TPSA) is 9.23 Å². The molecule has 0 aliphatic rings. The Balaban J connectivity index is 2.88. The Morgan fingerprint density at radius 3 is 2.86 bits per heavy atom. The average Bonchev–Trinajstić information content (AvgIpc) is 2.17. The van der Waals surface area contributed by atoms with Crippen molar-refractivity contribution in [2.75, 3.05) is 12.9 Å². The largest absolute Gasteiger partial charge is 0.497 e. The first kappa shape index (κ1) is 10.9. The minimum atomic E-state index is -0.334. The summed E-state index contributed by atoms with van der Waals surface area (Å²) in [5.41, 5.74) is 0.628. The summed E-state index contributed by atoms with van der Waals surface area (Å²) in [6, 6.07) is 4.41. The number of hydrogen-bond donors (Lipinski definition) is 1. The number of hydrogen-bond acceptors (Lipinski definition) is 2. The summed E-state index contributed by atoms with van der Waals surface area (Å²) in [6.45, 7) is 0. The van der Waals surface area contributed by atoms with Crippen LogP contribution < -0.4 is 4.74 Å². The van der Waals surface area contributed by atoms with Crippen molar-refractivity contribution in [1.82, 2.24) is 0 Å². The minimum absolute atomic E-state index is 0.334. The van der Waals surface area contributed by atoms with Gasteiger partial charge in [-0.3, -0.25) is 0 Å². The molecule has 0 N–H and O–H groups in total. The number of halogens is 1. The Kier molecular flexibility index (Phi) is 4.34. The van der Waals surface area contributed by atoms with Gasteiger partial charge in [-0.15, -0.1) is 0 Å². The van der Waals surface area contributed by atoms with Crippen LogP contribution in [0.15, 0.2) is 18.2 Å². The Bertz CT molecular complexity index is 365. The molecule has 0 saturated carbocycles. The number of benzene rings is 1. The summed E-state index contributed by atoms with van der Waals surface area (Å²) < 4.78 is 17.9. The van der Waals surface area contributed by atoms with Gasteiger partial charge in [0.05, 0.1) is 7.11 Å². The highest BCUT2D eigenvalue weighted by Crippen LogP contribution is 2.14. The van der Waals surface area contributed by atoms with E-state index in [4.69, 9.17) is 4.74 Å². The second-order valence-electron chi connectivity index (χ2n) is 2.66. The zero-order valence-electron chi connectivity index (χ0n) is 7.88. The first-order chi connectivity index (χ1) is 6.76. The van der Waals surface area contributed by atoms with Crippen molar-refractivity contribution in [3.63, 3.8) is 0 Å². The molecule has 14 heavy (non-hydrogen) atoms. The van der Waals surface area contributed by atoms with Crippen molar-refractivity contribution in [1.29, 1.82) is 0 Å². The lowest BCUT2D eigenvalue weighted by atomic mass is 10.2. The number of methoxy groups -OCH3 is 1. The second kappa shape index (κ2) is 5.56. The average molecular weight is 210 g/mol. The molecule has 0 aromatic heterocycles. The van der Waals surface area contributed by atoms with Crippen LogP contribution in [0.2, 0.25) is 0 Å². The highest BCUT2D eigenvalue weighted by molar-refractivity contribution is 7.80. The van der Waals surface area contributed by atoms with Crippen LogP contribution in [0.3, 0.4) is 0 Å². The van der Waals surface area contributed by atoms with Crippen LogP contribution in [0.25, 0.3) is 0 Å². The van der Waals surface area contributed by atoms with Crippen molar-refractivity contribution in [2.45, 2.75) is 6.42 Å². The molecule has 0 atom stereocenters. The van der Waals surface area contributed by atoms with Crippen molar-refractivity contribution in [3.05, 3.63) is 29.6 Å². The van der Waals surface area contributed by atoms with Gasteiger partial charge in [-0.2, -0.15) is 12.6 Å². The van der Waals surface area contributed by atoms with Gasteiger partial charge in [0.1, 0.15) is 11.6 Å². The number of rotatable bonds is 2. The van der Waals surface area contributed by atoms with Crippen LogP contribution >= 0.6 is 12.6 Å². The van der Waals surface area contributed by atoms with E-state index in [1.807, 2.05) is 0 Å². The van der Waals surface area contributed by atoms with Crippen LogP contribution in [-0.2, 0) is 0 Å². The summed E-state index contributed by atoms with van der Waals surface area (Å²) in [4.78, 5) is 0. The summed E-state index contributed by atoms with van der Waals surface area (Å²) in [5, 5.41) is 0. The second-order valence-corrected chi connectivity index (χ2v) is 3.10. The maximum absolute atomic E-state index is 13.0. The van der Waals surface area contributed by atoms with E-state index in [0.29, 0.717) is 23.5 Å². The van der Waals surface area contributed by atoms with E-state index in [2.05, 4.69) is 24.5 Å². The SMILES string of the molecule is COc1cc(F)cc(C#CCCS)c1. The molecule has 0 spiro atoms. The molecule has 0 radical (unpaired) electrons. The van der Waals surface area contributed by atoms with E-state index in [1.54, 1.807) is 6.07 Å². The third-order valence-electron chi connectivity index (χ3n) is 1.58. The molecule has 1 nitrogen and oxygen atoms in total. The van der Waals surface area contributed by atoms with Crippen molar-refractivity contribution in [2.24, 2.45) is 0 Å². The van der Waals surface area contributed by atoms with Gasteiger partial charge in [0.2, 0.25) is 0 Å². The zero-order valence-corrected chi connectivity index (χ0v) is 8.77. The van der Waals surface area contributed by atoms with Crippen LogP contribution in [0.1, 0.15) is 12.0 Å². The molecule has 0 bridgehead atoms. The van der Waals surface area contributed by atoms with E-state index < -0.39 is 0 Å². The monoisotopic (exact) mass is 210 g/mol. The fraction of sp³-hybridized carbons (Fsp3) is 0.273. The Hall–Kier alpha value is -1.14. The third kappa shape index (κ3) is 3.31. The standard InChI is InChI=1S/C11H11FOS/c1-13-11-7-9(4-2-3-5-14)6-10(12)8-11/h6-8,14H,3,5H2,1H3. The first-order valence-electron chi connectivity index (χ1n) is 4.20. The van der Waals surface area contributed by atoms with Gasteiger partial charge in [0, 0.05) is 23.8 Å². The van der Waals surface area contributed by atoms with Gasteiger partial charge in [-0.25, -0.2) is 4.39 Å². The Labute approximate surface area is 88.7 Å². The summed E-state index contributed by atoms with van der Waals surface area (Å²) in [6.07, 6.45) is 0.696. The van der Waals surface area contributed by atoms with Gasteiger partial charge in [0.25, 0.3) is 0 Å². The van der Waals surface area contributed by atoms with Gasteiger partial charge < -0.3 is 4.74 Å². The molecule has 0 unspecified atom stereocenters. The lowest BCUT2D eigenvalue weighted by molar-refractivity contribution is 0.411. The lowest BCUT2D eigenvalue weighted by Crippen LogP contribution is -1.86. The number of ether oxygens (including phenoxy) is 1. The third-order valence-corrected chi connectivity index (χ3v) is 1.80. The molecule has 3 heteroatoms. The number of thiol groups is 1. The van der Waals surface area contributed by atoms with Gasteiger partial charge in [0.15, 0.2) is 0 Å². The molecule has 1 aromatic carbocycles. The Morgan fingerprint density at radius 1 is 1.43 bits per heavy atom. The molecule has 0 amide bonds. The molecule has 0 saturated heterocycles. The molecule has 0 heterocycles. The Morgan fingerprint density at radius 2 is 2.21 bits per heavy atom. The lowest BCUT2D eigenvalue weighted by Gasteiger charge is -1.99. The normalized spacial score (nSPS) is 9.07. The molecular formula is C11H11FOS. The molecule has 1 rings (SSSR count). The van der Waals surface area contributed by atoms with Crippen LogP contribution in [0.5, 0.6) is 5.75 Å². The maximum Gasteiger partial charge on any atom is 0.128 e. The summed E-state index contributed by atoms with van der Waals surface area (Å²) >= 11 is 4.02. The van der Waals surface area contributed by atoms with Crippen molar-refractivity contribution in [3.8, 4) is 17.6 Å². The molecule has 74 valence electrons. The molecular weight excluding hydrogens is 199 g/mol. The molecule has 1 aromatic rings.